The third-order valence-corrected chi connectivity index (χ3v) is 3.45. The van der Waals surface area contributed by atoms with Crippen molar-refractivity contribution in [1.82, 2.24) is 0 Å². The number of rotatable bonds is 5. The Hall–Kier alpha value is -1.96. The Balaban J connectivity index is 2.10. The second-order valence-electron chi connectivity index (χ2n) is 4.02. The van der Waals surface area contributed by atoms with Gasteiger partial charge in [0.2, 0.25) is 0 Å². The minimum absolute atomic E-state index is 0.0390. The summed E-state index contributed by atoms with van der Waals surface area (Å²) < 4.78 is 6.43. The number of carbonyl (C=O) groups excluding carboxylic acids is 1. The average molecular weight is 383 g/mol. The minimum atomic E-state index is -0.438. The number of nitro groups is 1. The molecule has 0 bridgehead atoms. The van der Waals surface area contributed by atoms with Gasteiger partial charge in [-0.3, -0.25) is 14.9 Å². The van der Waals surface area contributed by atoms with Gasteiger partial charge in [0.25, 0.3) is 5.69 Å². The van der Waals surface area contributed by atoms with Crippen LogP contribution in [-0.2, 0) is 6.61 Å². The van der Waals surface area contributed by atoms with E-state index in [2.05, 4.69) is 22.6 Å². The highest BCUT2D eigenvalue weighted by molar-refractivity contribution is 14.1. The predicted molar refractivity (Wildman–Crippen MR) is 82.0 cm³/mol. The van der Waals surface area contributed by atoms with Gasteiger partial charge in [-0.1, -0.05) is 12.1 Å². The molecule has 0 saturated heterocycles. The molecule has 0 fully saturated rings. The normalized spacial score (nSPS) is 10.1. The maximum Gasteiger partial charge on any atom is 0.269 e. The number of benzene rings is 2. The fourth-order valence-electron chi connectivity index (χ4n) is 1.63. The van der Waals surface area contributed by atoms with Crippen molar-refractivity contribution >= 4 is 34.6 Å². The summed E-state index contributed by atoms with van der Waals surface area (Å²) >= 11 is 2.08. The van der Waals surface area contributed by atoms with Gasteiger partial charge in [0.05, 0.1) is 8.49 Å². The summed E-state index contributed by atoms with van der Waals surface area (Å²) in [5.41, 5.74) is 1.34. The van der Waals surface area contributed by atoms with Crippen LogP contribution in [0, 0.1) is 13.7 Å². The number of hydrogen-bond acceptors (Lipinski definition) is 4. The summed E-state index contributed by atoms with van der Waals surface area (Å²) in [5.74, 6) is 0.641. The molecule has 0 N–H and O–H groups in total. The van der Waals surface area contributed by atoms with Crippen LogP contribution < -0.4 is 4.74 Å². The first-order valence-corrected chi connectivity index (χ1v) is 6.79. The minimum Gasteiger partial charge on any atom is -0.488 e. The van der Waals surface area contributed by atoms with E-state index >= 15 is 0 Å². The number of hydrogen-bond donors (Lipinski definition) is 0. The first kappa shape index (κ1) is 14.4. The smallest absolute Gasteiger partial charge is 0.269 e. The third-order valence-electron chi connectivity index (χ3n) is 2.61. The molecule has 0 amide bonds. The van der Waals surface area contributed by atoms with Crippen molar-refractivity contribution < 1.29 is 14.5 Å². The van der Waals surface area contributed by atoms with Crippen molar-refractivity contribution in [3.8, 4) is 5.75 Å². The zero-order valence-electron chi connectivity index (χ0n) is 10.3. The van der Waals surface area contributed by atoms with Crippen molar-refractivity contribution in [3.63, 3.8) is 0 Å². The predicted octanol–water partition coefficient (Wildman–Crippen LogP) is 3.59. The molecule has 2 rings (SSSR count). The highest BCUT2D eigenvalue weighted by Gasteiger charge is 2.07. The third kappa shape index (κ3) is 3.53. The van der Waals surface area contributed by atoms with Crippen molar-refractivity contribution in [2.75, 3.05) is 0 Å². The van der Waals surface area contributed by atoms with Crippen LogP contribution in [0.15, 0.2) is 42.5 Å². The molecule has 0 spiro atoms. The summed E-state index contributed by atoms with van der Waals surface area (Å²) in [6, 6.07) is 11.4. The lowest BCUT2D eigenvalue weighted by Crippen LogP contribution is -1.98. The Morgan fingerprint density at radius 1 is 1.25 bits per heavy atom. The quantitative estimate of drug-likeness (QED) is 0.343. The molecule has 0 aliphatic rings. The Kier molecular flexibility index (Phi) is 4.67. The first-order chi connectivity index (χ1) is 9.60. The zero-order chi connectivity index (χ0) is 14.5. The number of non-ortho nitro benzene ring substituents is 1. The molecule has 0 aliphatic carbocycles. The fourth-order valence-corrected chi connectivity index (χ4v) is 2.32. The highest BCUT2D eigenvalue weighted by Crippen LogP contribution is 2.23. The number of halogens is 1. The largest absolute Gasteiger partial charge is 0.488 e. The summed E-state index contributed by atoms with van der Waals surface area (Å²) in [5, 5.41) is 10.7. The van der Waals surface area contributed by atoms with Gasteiger partial charge in [-0.25, -0.2) is 0 Å². The van der Waals surface area contributed by atoms with E-state index in [4.69, 9.17) is 4.74 Å². The van der Waals surface area contributed by atoms with E-state index in [0.717, 1.165) is 15.4 Å². The molecule has 0 aliphatic heterocycles. The van der Waals surface area contributed by atoms with Crippen LogP contribution in [0.1, 0.15) is 15.9 Å². The van der Waals surface area contributed by atoms with Gasteiger partial charge < -0.3 is 4.74 Å². The van der Waals surface area contributed by atoms with Crippen molar-refractivity contribution in [2.45, 2.75) is 6.61 Å². The molecule has 2 aromatic rings. The fraction of sp³-hybridized carbons (Fsp3) is 0.0714. The summed E-state index contributed by atoms with van der Waals surface area (Å²) in [4.78, 5) is 20.9. The van der Waals surface area contributed by atoms with Crippen LogP contribution in [0.25, 0.3) is 0 Å². The monoisotopic (exact) mass is 383 g/mol. The summed E-state index contributed by atoms with van der Waals surface area (Å²) in [6.07, 6.45) is 0.770. The standard InChI is InChI=1S/C14H10INO4/c15-13-7-10(8-17)4-5-14(13)20-9-11-2-1-3-12(6-11)16(18)19/h1-8H,9H2. The van der Waals surface area contributed by atoms with Crippen LogP contribution in [0.2, 0.25) is 0 Å². The van der Waals surface area contributed by atoms with Gasteiger partial charge in [-0.2, -0.15) is 0 Å². The van der Waals surface area contributed by atoms with Gasteiger partial charge in [0.15, 0.2) is 0 Å². The Bertz CT molecular complexity index is 657. The van der Waals surface area contributed by atoms with Crippen molar-refractivity contribution in [1.29, 1.82) is 0 Å². The average Bonchev–Trinajstić information content (AvgIpc) is 2.46. The molecule has 0 aromatic heterocycles. The zero-order valence-corrected chi connectivity index (χ0v) is 12.4. The second-order valence-corrected chi connectivity index (χ2v) is 5.19. The second kappa shape index (κ2) is 6.47. The lowest BCUT2D eigenvalue weighted by atomic mass is 10.2. The number of nitro benzene ring substituents is 1. The van der Waals surface area contributed by atoms with Crippen LogP contribution in [0.4, 0.5) is 5.69 Å². The molecule has 102 valence electrons. The lowest BCUT2D eigenvalue weighted by molar-refractivity contribution is -0.384. The first-order valence-electron chi connectivity index (χ1n) is 5.71. The Morgan fingerprint density at radius 2 is 2.05 bits per heavy atom. The van der Waals surface area contributed by atoms with Gasteiger partial charge >= 0.3 is 0 Å². The number of carbonyl (C=O) groups is 1. The molecule has 0 atom stereocenters. The summed E-state index contributed by atoms with van der Waals surface area (Å²) in [6.45, 7) is 0.234. The Labute approximate surface area is 128 Å². The van der Waals surface area contributed by atoms with Gasteiger partial charge in [0, 0.05) is 17.7 Å². The van der Waals surface area contributed by atoms with E-state index in [1.807, 2.05) is 0 Å². The van der Waals surface area contributed by atoms with Crippen LogP contribution >= 0.6 is 22.6 Å². The Morgan fingerprint density at radius 3 is 2.70 bits per heavy atom. The van der Waals surface area contributed by atoms with E-state index in [-0.39, 0.29) is 12.3 Å². The van der Waals surface area contributed by atoms with Crippen molar-refractivity contribution in [3.05, 3.63) is 67.3 Å². The molecular formula is C14H10INO4. The van der Waals surface area contributed by atoms with Gasteiger partial charge in [0.1, 0.15) is 18.6 Å². The van der Waals surface area contributed by atoms with E-state index in [1.54, 1.807) is 30.3 Å². The molecule has 20 heavy (non-hydrogen) atoms. The van der Waals surface area contributed by atoms with Crippen LogP contribution in [-0.4, -0.2) is 11.2 Å². The molecule has 0 saturated carbocycles. The van der Waals surface area contributed by atoms with E-state index in [9.17, 15) is 14.9 Å². The van der Waals surface area contributed by atoms with E-state index < -0.39 is 4.92 Å². The number of nitrogens with zero attached hydrogens (tertiary/aromatic N) is 1. The number of aldehydes is 1. The molecular weight excluding hydrogens is 373 g/mol. The van der Waals surface area contributed by atoms with Gasteiger partial charge in [-0.05, 0) is 46.4 Å². The molecule has 0 unspecified atom stereocenters. The SMILES string of the molecule is O=Cc1ccc(OCc2cccc([N+](=O)[O-])c2)c(I)c1. The lowest BCUT2D eigenvalue weighted by Gasteiger charge is -2.08. The van der Waals surface area contributed by atoms with Crippen LogP contribution in [0.5, 0.6) is 5.75 Å². The topological polar surface area (TPSA) is 69.4 Å². The molecule has 0 radical (unpaired) electrons. The van der Waals surface area contributed by atoms with E-state index in [0.29, 0.717) is 11.3 Å². The molecule has 0 heterocycles. The molecule has 2 aromatic carbocycles. The maximum absolute atomic E-state index is 10.7. The molecule has 5 nitrogen and oxygen atoms in total. The van der Waals surface area contributed by atoms with Crippen molar-refractivity contribution in [2.24, 2.45) is 0 Å². The summed E-state index contributed by atoms with van der Waals surface area (Å²) in [7, 11) is 0. The molecule has 6 heteroatoms. The maximum atomic E-state index is 10.7. The van der Waals surface area contributed by atoms with Gasteiger partial charge in [-0.15, -0.1) is 0 Å². The highest BCUT2D eigenvalue weighted by atomic mass is 127. The van der Waals surface area contributed by atoms with E-state index in [1.165, 1.54) is 12.1 Å². The number of ether oxygens (including phenoxy) is 1. The van der Waals surface area contributed by atoms with Crippen LogP contribution in [0.3, 0.4) is 0 Å².